The first-order chi connectivity index (χ1) is 9.73. The van der Waals surface area contributed by atoms with E-state index in [4.69, 9.17) is 16.3 Å². The van der Waals surface area contributed by atoms with Gasteiger partial charge in [0.05, 0.1) is 7.11 Å². The van der Waals surface area contributed by atoms with E-state index in [1.54, 1.807) is 7.11 Å². The van der Waals surface area contributed by atoms with Crippen molar-refractivity contribution in [1.29, 1.82) is 0 Å². The van der Waals surface area contributed by atoms with E-state index >= 15 is 0 Å². The van der Waals surface area contributed by atoms with Gasteiger partial charge in [0.2, 0.25) is 5.88 Å². The van der Waals surface area contributed by atoms with Gasteiger partial charge >= 0.3 is 0 Å². The number of hydrogen-bond acceptors (Lipinski definition) is 4. The number of hydrogen-bond donors (Lipinski definition) is 0. The number of halogens is 1. The molecule has 0 bridgehead atoms. The number of imidazole rings is 1. The minimum Gasteiger partial charge on any atom is -0.479 e. The summed E-state index contributed by atoms with van der Waals surface area (Å²) in [6.45, 7) is 3.22. The smallest absolute Gasteiger partial charge is 0.245 e. The topological polar surface area (TPSA) is 52.8 Å². The summed E-state index contributed by atoms with van der Waals surface area (Å²) in [5.74, 6) is 2.07. The summed E-state index contributed by atoms with van der Waals surface area (Å²) in [5, 5.41) is 0. The third kappa shape index (κ3) is 2.24. The summed E-state index contributed by atoms with van der Waals surface area (Å²) < 4.78 is 7.49. The standard InChI is InChI=1S/C14H19ClN4O/c1-3-14(5-6-14)8-19-10(4-7-15)18-11-12(19)16-9-17-13(11)20-2/h9H,3-8H2,1-2H3. The number of nitrogens with zero attached hydrogens (tertiary/aromatic N) is 4. The second-order valence-corrected chi connectivity index (χ2v) is 5.84. The summed E-state index contributed by atoms with van der Waals surface area (Å²) in [6, 6.07) is 0. The van der Waals surface area contributed by atoms with Crippen LogP contribution in [0.5, 0.6) is 5.88 Å². The molecule has 0 spiro atoms. The van der Waals surface area contributed by atoms with E-state index in [2.05, 4.69) is 26.4 Å². The fourth-order valence-corrected chi connectivity index (χ4v) is 2.86. The van der Waals surface area contributed by atoms with E-state index in [-0.39, 0.29) is 0 Å². The molecule has 1 fully saturated rings. The van der Waals surface area contributed by atoms with Crippen LogP contribution in [-0.2, 0) is 13.0 Å². The van der Waals surface area contributed by atoms with E-state index in [1.165, 1.54) is 25.6 Å². The molecule has 20 heavy (non-hydrogen) atoms. The molecule has 6 heteroatoms. The van der Waals surface area contributed by atoms with Crippen LogP contribution in [0, 0.1) is 5.41 Å². The molecule has 2 aromatic rings. The highest BCUT2D eigenvalue weighted by Gasteiger charge is 2.41. The average Bonchev–Trinajstić information content (AvgIpc) is 3.17. The maximum absolute atomic E-state index is 5.91. The molecule has 1 aliphatic rings. The Morgan fingerprint density at radius 1 is 1.40 bits per heavy atom. The Morgan fingerprint density at radius 3 is 2.80 bits per heavy atom. The summed E-state index contributed by atoms with van der Waals surface area (Å²) in [5.41, 5.74) is 2.02. The minimum atomic E-state index is 0.423. The van der Waals surface area contributed by atoms with Gasteiger partial charge in [-0.25, -0.2) is 9.97 Å². The highest BCUT2D eigenvalue weighted by Crippen LogP contribution is 2.50. The lowest BCUT2D eigenvalue weighted by molar-refractivity contribution is 0.400. The Hall–Kier alpha value is -1.36. The Labute approximate surface area is 123 Å². The second-order valence-electron chi connectivity index (χ2n) is 5.46. The number of fused-ring (bicyclic) bond motifs is 1. The fraction of sp³-hybridized carbons (Fsp3) is 0.643. The summed E-state index contributed by atoms with van der Waals surface area (Å²) in [7, 11) is 1.61. The number of rotatable bonds is 6. The first-order valence-corrected chi connectivity index (χ1v) is 7.56. The van der Waals surface area contributed by atoms with Crippen molar-refractivity contribution in [3.63, 3.8) is 0 Å². The maximum atomic E-state index is 5.91. The zero-order valence-corrected chi connectivity index (χ0v) is 12.7. The quantitative estimate of drug-likeness (QED) is 0.769. The molecule has 108 valence electrons. The predicted octanol–water partition coefficient (Wildman–Crippen LogP) is 2.81. The largest absolute Gasteiger partial charge is 0.479 e. The molecule has 0 aromatic carbocycles. The normalized spacial score (nSPS) is 16.6. The van der Waals surface area contributed by atoms with Gasteiger partial charge in [0.1, 0.15) is 12.2 Å². The van der Waals surface area contributed by atoms with Crippen molar-refractivity contribution in [3.8, 4) is 5.88 Å². The van der Waals surface area contributed by atoms with Crippen LogP contribution >= 0.6 is 11.6 Å². The van der Waals surface area contributed by atoms with Crippen molar-refractivity contribution in [2.45, 2.75) is 39.2 Å². The van der Waals surface area contributed by atoms with Gasteiger partial charge in [0.25, 0.3) is 0 Å². The SMILES string of the molecule is CCC1(Cn2c(CCCl)nc3c(OC)ncnc32)CC1. The average molecular weight is 295 g/mol. The predicted molar refractivity (Wildman–Crippen MR) is 78.3 cm³/mol. The lowest BCUT2D eigenvalue weighted by atomic mass is 10.0. The summed E-state index contributed by atoms with van der Waals surface area (Å²) in [4.78, 5) is 13.2. The van der Waals surface area contributed by atoms with Crippen molar-refractivity contribution < 1.29 is 4.74 Å². The first kappa shape index (κ1) is 13.6. The molecular weight excluding hydrogens is 276 g/mol. The first-order valence-electron chi connectivity index (χ1n) is 7.03. The molecule has 2 heterocycles. The molecule has 1 aliphatic carbocycles. The maximum Gasteiger partial charge on any atom is 0.245 e. The van der Waals surface area contributed by atoms with Crippen LogP contribution in [0.15, 0.2) is 6.33 Å². The van der Waals surface area contributed by atoms with E-state index in [0.717, 1.165) is 30.0 Å². The van der Waals surface area contributed by atoms with Gasteiger partial charge in [-0.3, -0.25) is 0 Å². The summed E-state index contributed by atoms with van der Waals surface area (Å²) >= 11 is 5.91. The van der Waals surface area contributed by atoms with Gasteiger partial charge in [-0.05, 0) is 24.7 Å². The van der Waals surface area contributed by atoms with E-state index in [0.29, 0.717) is 17.2 Å². The monoisotopic (exact) mass is 294 g/mol. The number of methoxy groups -OCH3 is 1. The lowest BCUT2D eigenvalue weighted by Crippen LogP contribution is -2.14. The molecule has 3 rings (SSSR count). The molecule has 0 radical (unpaired) electrons. The van der Waals surface area contributed by atoms with Gasteiger partial charge in [-0.2, -0.15) is 4.98 Å². The molecular formula is C14H19ClN4O. The van der Waals surface area contributed by atoms with Crippen molar-refractivity contribution >= 4 is 22.8 Å². The third-order valence-electron chi connectivity index (χ3n) is 4.29. The number of ether oxygens (including phenoxy) is 1. The molecule has 0 aliphatic heterocycles. The van der Waals surface area contributed by atoms with E-state index in [9.17, 15) is 0 Å². The zero-order valence-electron chi connectivity index (χ0n) is 11.9. The Morgan fingerprint density at radius 2 is 2.20 bits per heavy atom. The number of aryl methyl sites for hydroxylation is 1. The van der Waals surface area contributed by atoms with Gasteiger partial charge in [-0.1, -0.05) is 6.92 Å². The van der Waals surface area contributed by atoms with Crippen LogP contribution in [0.3, 0.4) is 0 Å². The van der Waals surface area contributed by atoms with Crippen LogP contribution < -0.4 is 4.74 Å². The van der Waals surface area contributed by atoms with Crippen LogP contribution in [-0.4, -0.2) is 32.5 Å². The number of alkyl halides is 1. The Balaban J connectivity index is 2.09. The fourth-order valence-electron chi connectivity index (χ4n) is 2.69. The highest BCUT2D eigenvalue weighted by atomic mass is 35.5. The van der Waals surface area contributed by atoms with Crippen LogP contribution in [0.4, 0.5) is 0 Å². The molecule has 0 unspecified atom stereocenters. The molecule has 0 atom stereocenters. The van der Waals surface area contributed by atoms with E-state index in [1.807, 2.05) is 0 Å². The minimum absolute atomic E-state index is 0.423. The van der Waals surface area contributed by atoms with Crippen molar-refractivity contribution in [1.82, 2.24) is 19.5 Å². The number of aromatic nitrogens is 4. The van der Waals surface area contributed by atoms with E-state index < -0.39 is 0 Å². The molecule has 0 saturated heterocycles. The lowest BCUT2D eigenvalue weighted by Gasteiger charge is -2.15. The van der Waals surface area contributed by atoms with Crippen LogP contribution in [0.25, 0.3) is 11.2 Å². The van der Waals surface area contributed by atoms with Gasteiger partial charge in [0, 0.05) is 18.8 Å². The van der Waals surface area contributed by atoms with Gasteiger partial charge in [-0.15, -0.1) is 11.6 Å². The van der Waals surface area contributed by atoms with Crippen molar-refractivity contribution in [3.05, 3.63) is 12.2 Å². The third-order valence-corrected chi connectivity index (χ3v) is 4.48. The molecule has 0 N–H and O–H groups in total. The molecule has 2 aromatic heterocycles. The van der Waals surface area contributed by atoms with Crippen molar-refractivity contribution in [2.75, 3.05) is 13.0 Å². The van der Waals surface area contributed by atoms with Gasteiger partial charge < -0.3 is 9.30 Å². The zero-order chi connectivity index (χ0) is 14.2. The van der Waals surface area contributed by atoms with Gasteiger partial charge in [0.15, 0.2) is 11.2 Å². The highest BCUT2D eigenvalue weighted by molar-refractivity contribution is 6.17. The Kier molecular flexibility index (Phi) is 3.54. The summed E-state index contributed by atoms with van der Waals surface area (Å²) in [6.07, 6.45) is 6.03. The molecule has 5 nitrogen and oxygen atoms in total. The molecule has 1 saturated carbocycles. The van der Waals surface area contributed by atoms with Crippen LogP contribution in [0.1, 0.15) is 32.0 Å². The van der Waals surface area contributed by atoms with Crippen LogP contribution in [0.2, 0.25) is 0 Å². The van der Waals surface area contributed by atoms with Crippen molar-refractivity contribution in [2.24, 2.45) is 5.41 Å². The Bertz CT molecular complexity index is 621. The second kappa shape index (κ2) is 5.20. The molecule has 0 amide bonds.